The Morgan fingerprint density at radius 1 is 0.981 bits per heavy atom. The van der Waals surface area contributed by atoms with Crippen LogP contribution in [0.3, 0.4) is 0 Å². The topological polar surface area (TPSA) is 146 Å². The SMILES string of the molecule is COC12CC3(C)CC(C)(CC(Cn4ncc(-c5ccc(-c6ccc7c[n+]([O-])cc(C(=O)Nc8nc9ccccc9s8)c7c6)nc5C(=O)O)c4C)(C3)C1)C2. The first-order valence-electron chi connectivity index (χ1n) is 17.9. The zero-order valence-corrected chi connectivity index (χ0v) is 30.9. The summed E-state index contributed by atoms with van der Waals surface area (Å²) in [6.45, 7) is 7.62. The molecule has 2 N–H and O–H groups in total. The van der Waals surface area contributed by atoms with E-state index in [4.69, 9.17) is 9.84 Å². The monoisotopic (exact) mass is 728 g/mol. The fraction of sp³-hybridized carbons (Fsp3) is 0.366. The molecule has 10 rings (SSSR count). The molecule has 4 bridgehead atoms. The summed E-state index contributed by atoms with van der Waals surface area (Å²) in [5.74, 6) is -1.63. The lowest BCUT2D eigenvalue weighted by atomic mass is 9.39. The number of fused-ring (bicyclic) bond motifs is 2. The first-order chi connectivity index (χ1) is 25.3. The van der Waals surface area contributed by atoms with Crippen molar-refractivity contribution in [2.24, 2.45) is 16.2 Å². The number of rotatable bonds is 8. The molecule has 53 heavy (non-hydrogen) atoms. The first kappa shape index (κ1) is 33.6. The van der Waals surface area contributed by atoms with Crippen molar-refractivity contribution in [1.29, 1.82) is 0 Å². The van der Waals surface area contributed by atoms with Gasteiger partial charge in [0.1, 0.15) is 5.56 Å². The highest BCUT2D eigenvalue weighted by Crippen LogP contribution is 2.72. The minimum Gasteiger partial charge on any atom is -0.619 e. The number of amides is 1. The molecule has 4 saturated carbocycles. The Morgan fingerprint density at radius 2 is 1.75 bits per heavy atom. The van der Waals surface area contributed by atoms with E-state index in [-0.39, 0.29) is 33.1 Å². The van der Waals surface area contributed by atoms with Crippen molar-refractivity contribution in [1.82, 2.24) is 19.7 Å². The van der Waals surface area contributed by atoms with Gasteiger partial charge in [-0.15, -0.1) is 0 Å². The number of thiazole rings is 1. The van der Waals surface area contributed by atoms with E-state index < -0.39 is 11.9 Å². The van der Waals surface area contributed by atoms with Gasteiger partial charge in [0.15, 0.2) is 23.2 Å². The molecule has 4 fully saturated rings. The number of nitrogens with zero attached hydrogens (tertiary/aromatic N) is 5. The van der Waals surface area contributed by atoms with Crippen molar-refractivity contribution < 1.29 is 24.2 Å². The molecule has 11 nitrogen and oxygen atoms in total. The third kappa shape index (κ3) is 5.66. The van der Waals surface area contributed by atoms with Gasteiger partial charge in [0.05, 0.1) is 27.7 Å². The smallest absolute Gasteiger partial charge is 0.355 e. The number of ether oxygens (including phenoxy) is 1. The maximum atomic E-state index is 13.5. The van der Waals surface area contributed by atoms with Crippen LogP contribution in [0.2, 0.25) is 0 Å². The van der Waals surface area contributed by atoms with Gasteiger partial charge >= 0.3 is 5.97 Å². The molecule has 0 radical (unpaired) electrons. The van der Waals surface area contributed by atoms with Crippen LogP contribution in [0.25, 0.3) is 43.4 Å². The molecule has 2 unspecified atom stereocenters. The summed E-state index contributed by atoms with van der Waals surface area (Å²) in [6, 6.07) is 16.4. The van der Waals surface area contributed by atoms with Crippen LogP contribution in [0.1, 0.15) is 78.9 Å². The molecule has 2 atom stereocenters. The lowest BCUT2D eigenvalue weighted by Gasteiger charge is -2.69. The van der Waals surface area contributed by atoms with Gasteiger partial charge in [-0.2, -0.15) is 9.83 Å². The summed E-state index contributed by atoms with van der Waals surface area (Å²) < 4.78 is 9.87. The summed E-state index contributed by atoms with van der Waals surface area (Å²) in [4.78, 5) is 35.5. The van der Waals surface area contributed by atoms with Crippen molar-refractivity contribution in [3.05, 3.63) is 95.3 Å². The largest absolute Gasteiger partial charge is 0.619 e. The van der Waals surface area contributed by atoms with Gasteiger partial charge in [-0.1, -0.05) is 43.4 Å². The molecule has 12 heteroatoms. The van der Waals surface area contributed by atoms with Crippen LogP contribution >= 0.6 is 11.3 Å². The van der Waals surface area contributed by atoms with Crippen LogP contribution in [-0.2, 0) is 11.3 Å². The lowest BCUT2D eigenvalue weighted by Crippen LogP contribution is -2.64. The number of pyridine rings is 2. The van der Waals surface area contributed by atoms with E-state index in [1.165, 1.54) is 30.2 Å². The maximum absolute atomic E-state index is 13.5. The number of aromatic carboxylic acids is 1. The number of hydrogen-bond donors (Lipinski definition) is 2. The second-order valence-electron chi connectivity index (χ2n) is 16.5. The molecule has 0 saturated heterocycles. The number of carboxylic acids is 1. The van der Waals surface area contributed by atoms with Crippen molar-refractivity contribution in [2.75, 3.05) is 12.4 Å². The lowest BCUT2D eigenvalue weighted by molar-refractivity contribution is -0.604. The first-order valence-corrected chi connectivity index (χ1v) is 18.7. The highest BCUT2D eigenvalue weighted by molar-refractivity contribution is 7.22. The van der Waals surface area contributed by atoms with Crippen molar-refractivity contribution in [2.45, 2.75) is 71.4 Å². The molecule has 4 aromatic heterocycles. The van der Waals surface area contributed by atoms with Gasteiger partial charge in [0.25, 0.3) is 5.91 Å². The predicted octanol–water partition coefficient (Wildman–Crippen LogP) is 8.03. The molecular formula is C41H40N6O5S. The molecule has 270 valence electrons. The van der Waals surface area contributed by atoms with Crippen LogP contribution in [0.5, 0.6) is 0 Å². The number of carboxylic acid groups (broad SMARTS) is 1. The number of hydrogen-bond acceptors (Lipinski definition) is 8. The van der Waals surface area contributed by atoms with Gasteiger partial charge < -0.3 is 15.1 Å². The number of nitrogens with one attached hydrogen (secondary N) is 1. The fourth-order valence-corrected chi connectivity index (χ4v) is 12.0. The highest BCUT2D eigenvalue weighted by Gasteiger charge is 2.66. The zero-order valence-electron chi connectivity index (χ0n) is 30.1. The van der Waals surface area contributed by atoms with E-state index in [1.807, 2.05) is 38.3 Å². The van der Waals surface area contributed by atoms with Crippen LogP contribution in [0, 0.1) is 28.4 Å². The van der Waals surface area contributed by atoms with E-state index in [9.17, 15) is 19.9 Å². The second kappa shape index (κ2) is 11.6. The molecule has 0 spiro atoms. The molecule has 0 aliphatic heterocycles. The van der Waals surface area contributed by atoms with Crippen LogP contribution in [-0.4, -0.2) is 49.4 Å². The van der Waals surface area contributed by atoms with Gasteiger partial charge in [-0.05, 0) is 98.1 Å². The standard InChI is InChI=1S/C41H40N6O5S/c1-24-29(14-42-47(24)23-40-18-38(2)17-39(3,19-40)21-41(20-38,22-40)52-4)27-11-12-31(43-34(27)36(49)50)25-9-10-26-15-46(51)16-30(28(26)13-25)35(48)45-37-44-32-7-5-6-8-33(32)53-37/h5-16H,17-23H2,1-4H3,(H,49,50)(H,44,45,48). The average Bonchev–Trinajstić information content (AvgIpc) is 3.67. The summed E-state index contributed by atoms with van der Waals surface area (Å²) in [6.07, 6.45) is 11.1. The van der Waals surface area contributed by atoms with Crippen molar-refractivity contribution >= 4 is 49.3 Å². The van der Waals surface area contributed by atoms with Gasteiger partial charge in [0.2, 0.25) is 0 Å². The summed E-state index contributed by atoms with van der Waals surface area (Å²) in [7, 11) is 1.87. The Balaban J connectivity index is 1.03. The zero-order chi connectivity index (χ0) is 36.9. The van der Waals surface area contributed by atoms with Crippen LogP contribution < -0.4 is 10.0 Å². The molecule has 1 amide bonds. The summed E-state index contributed by atoms with van der Waals surface area (Å²) in [5, 5.41) is 32.2. The number of methoxy groups -OCH3 is 1. The van der Waals surface area contributed by atoms with Crippen LogP contribution in [0.15, 0.2) is 73.2 Å². The Labute approximate surface area is 310 Å². The van der Waals surface area contributed by atoms with Crippen molar-refractivity contribution in [3.8, 4) is 22.4 Å². The van der Waals surface area contributed by atoms with E-state index in [1.54, 1.807) is 36.5 Å². The van der Waals surface area contributed by atoms with Crippen LogP contribution in [0.4, 0.5) is 5.13 Å². The minimum atomic E-state index is -1.15. The molecule has 4 aliphatic rings. The number of para-hydroxylation sites is 1. The normalized spacial score (nSPS) is 26.0. The molecule has 6 aromatic rings. The molecule has 4 heterocycles. The van der Waals surface area contributed by atoms with Gasteiger partial charge in [-0.25, -0.2) is 14.8 Å². The quantitative estimate of drug-likeness (QED) is 0.118. The third-order valence-corrected chi connectivity index (χ3v) is 12.9. The van der Waals surface area contributed by atoms with Gasteiger partial charge in [0, 0.05) is 46.8 Å². The minimum absolute atomic E-state index is 0.0611. The predicted molar refractivity (Wildman–Crippen MR) is 203 cm³/mol. The molecular weight excluding hydrogens is 689 g/mol. The molecule has 4 aliphatic carbocycles. The van der Waals surface area contributed by atoms with Gasteiger partial charge in [-0.3, -0.25) is 14.8 Å². The molecule has 2 aromatic carbocycles. The Kier molecular flexibility index (Phi) is 7.39. The maximum Gasteiger partial charge on any atom is 0.355 e. The fourth-order valence-electron chi connectivity index (χ4n) is 11.1. The number of anilines is 1. The van der Waals surface area contributed by atoms with E-state index in [0.717, 1.165) is 60.1 Å². The van der Waals surface area contributed by atoms with Crippen molar-refractivity contribution in [3.63, 3.8) is 0 Å². The third-order valence-electron chi connectivity index (χ3n) is 12.0. The summed E-state index contributed by atoms with van der Waals surface area (Å²) in [5.41, 5.74) is 4.44. The number of carbonyl (C=O) groups excluding carboxylic acids is 1. The summed E-state index contributed by atoms with van der Waals surface area (Å²) >= 11 is 1.35. The average molecular weight is 729 g/mol. The Bertz CT molecular complexity index is 2450. The number of carbonyl (C=O) groups is 2. The Hall–Kier alpha value is -5.20. The van der Waals surface area contributed by atoms with E-state index in [2.05, 4.69) is 33.8 Å². The van der Waals surface area contributed by atoms with E-state index >= 15 is 0 Å². The number of benzene rings is 2. The number of aromatic nitrogens is 5. The van der Waals surface area contributed by atoms with E-state index in [0.29, 0.717) is 37.5 Å². The second-order valence-corrected chi connectivity index (χ2v) is 17.6. The Morgan fingerprint density at radius 3 is 2.49 bits per heavy atom. The highest BCUT2D eigenvalue weighted by atomic mass is 32.1.